The zero-order chi connectivity index (χ0) is 20.4. The Kier molecular flexibility index (Phi) is 5.24. The van der Waals surface area contributed by atoms with Gasteiger partial charge in [-0.15, -0.1) is 0 Å². The zero-order valence-electron chi connectivity index (χ0n) is 17.0. The molecule has 0 spiro atoms. The molecule has 3 heterocycles. The molecule has 2 amide bonds. The lowest BCUT2D eigenvalue weighted by Gasteiger charge is -2.18. The summed E-state index contributed by atoms with van der Waals surface area (Å²) in [6.07, 6.45) is 4.60. The molecule has 0 aliphatic carbocycles. The molecule has 8 nitrogen and oxygen atoms in total. The van der Waals surface area contributed by atoms with Gasteiger partial charge in [0.1, 0.15) is 5.75 Å². The minimum atomic E-state index is -0.0526. The molecule has 1 fully saturated rings. The third-order valence-corrected chi connectivity index (χ3v) is 5.24. The maximum atomic E-state index is 12.6. The minimum Gasteiger partial charge on any atom is -0.497 e. The highest BCUT2D eigenvalue weighted by molar-refractivity contribution is 5.74. The maximum absolute atomic E-state index is 12.6. The van der Waals surface area contributed by atoms with E-state index in [2.05, 4.69) is 28.5 Å². The van der Waals surface area contributed by atoms with Gasteiger partial charge in [-0.2, -0.15) is 10.2 Å². The van der Waals surface area contributed by atoms with Crippen molar-refractivity contribution in [2.75, 3.05) is 20.2 Å². The van der Waals surface area contributed by atoms with Crippen LogP contribution in [0.1, 0.15) is 29.4 Å². The molecule has 2 aromatic heterocycles. The predicted molar refractivity (Wildman–Crippen MR) is 109 cm³/mol. The van der Waals surface area contributed by atoms with Crippen molar-refractivity contribution in [3.8, 4) is 11.4 Å². The fraction of sp³-hybridized carbons (Fsp3) is 0.381. The Morgan fingerprint density at radius 1 is 1.31 bits per heavy atom. The van der Waals surface area contributed by atoms with Crippen LogP contribution in [0.15, 0.2) is 42.7 Å². The molecule has 4 rings (SSSR count). The van der Waals surface area contributed by atoms with Gasteiger partial charge in [-0.1, -0.05) is 6.07 Å². The average molecular weight is 394 g/mol. The first-order valence-electron chi connectivity index (χ1n) is 9.77. The van der Waals surface area contributed by atoms with Crippen molar-refractivity contribution in [3.05, 3.63) is 59.7 Å². The van der Waals surface area contributed by atoms with Gasteiger partial charge in [0.15, 0.2) is 0 Å². The highest BCUT2D eigenvalue weighted by Gasteiger charge is 2.28. The Morgan fingerprint density at radius 3 is 2.93 bits per heavy atom. The molecule has 0 bridgehead atoms. The number of methoxy groups -OCH3 is 1. The fourth-order valence-corrected chi connectivity index (χ4v) is 3.78. The van der Waals surface area contributed by atoms with E-state index in [1.807, 2.05) is 47.0 Å². The molecule has 1 aromatic carbocycles. The Hall–Kier alpha value is -3.29. The lowest BCUT2D eigenvalue weighted by atomic mass is 10.2. The van der Waals surface area contributed by atoms with Crippen LogP contribution in [0.5, 0.6) is 5.75 Å². The van der Waals surface area contributed by atoms with Gasteiger partial charge >= 0.3 is 6.03 Å². The molecule has 1 saturated heterocycles. The Balaban J connectivity index is 1.33. The number of nitrogens with one attached hydrogen (secondary N) is 1. The van der Waals surface area contributed by atoms with E-state index in [0.29, 0.717) is 13.1 Å². The number of ether oxygens (including phenoxy) is 1. The summed E-state index contributed by atoms with van der Waals surface area (Å²) in [7, 11) is 1.64. The van der Waals surface area contributed by atoms with E-state index in [9.17, 15) is 4.79 Å². The summed E-state index contributed by atoms with van der Waals surface area (Å²) in [5.74, 6) is 0.777. The van der Waals surface area contributed by atoms with Crippen LogP contribution in [-0.4, -0.2) is 50.7 Å². The number of hydrogen-bond acceptors (Lipinski definition) is 4. The normalized spacial score (nSPS) is 16.2. The summed E-state index contributed by atoms with van der Waals surface area (Å²) >= 11 is 0. The second-order valence-electron chi connectivity index (χ2n) is 7.41. The number of likely N-dealkylation sites (tertiary alicyclic amines) is 1. The van der Waals surface area contributed by atoms with Crippen LogP contribution in [0.3, 0.4) is 0 Å². The second kappa shape index (κ2) is 7.98. The Morgan fingerprint density at radius 2 is 2.17 bits per heavy atom. The number of carbonyl (C=O) groups excluding carboxylic acids is 1. The minimum absolute atomic E-state index is 0.0526. The van der Waals surface area contributed by atoms with Crippen molar-refractivity contribution in [2.45, 2.75) is 32.9 Å². The molecule has 0 radical (unpaired) electrons. The van der Waals surface area contributed by atoms with E-state index in [-0.39, 0.29) is 12.1 Å². The molecular weight excluding hydrogens is 368 g/mol. The largest absolute Gasteiger partial charge is 0.497 e. The molecule has 1 aliphatic heterocycles. The van der Waals surface area contributed by atoms with Crippen LogP contribution in [0.2, 0.25) is 0 Å². The molecule has 0 saturated carbocycles. The van der Waals surface area contributed by atoms with Crippen molar-refractivity contribution in [2.24, 2.45) is 0 Å². The molecule has 1 atom stereocenters. The summed E-state index contributed by atoms with van der Waals surface area (Å²) in [5.41, 5.74) is 4.00. The van der Waals surface area contributed by atoms with Crippen molar-refractivity contribution < 1.29 is 9.53 Å². The topological polar surface area (TPSA) is 77.2 Å². The zero-order valence-corrected chi connectivity index (χ0v) is 17.0. The van der Waals surface area contributed by atoms with E-state index >= 15 is 0 Å². The van der Waals surface area contributed by atoms with Crippen LogP contribution in [0.25, 0.3) is 5.69 Å². The van der Waals surface area contributed by atoms with E-state index in [1.165, 1.54) is 0 Å². The van der Waals surface area contributed by atoms with Crippen LogP contribution in [0, 0.1) is 13.8 Å². The summed E-state index contributed by atoms with van der Waals surface area (Å²) < 4.78 is 9.08. The van der Waals surface area contributed by atoms with Crippen molar-refractivity contribution in [3.63, 3.8) is 0 Å². The molecular formula is C21H26N6O2. The molecule has 1 aliphatic rings. The quantitative estimate of drug-likeness (QED) is 0.722. The second-order valence-corrected chi connectivity index (χ2v) is 7.41. The summed E-state index contributed by atoms with van der Waals surface area (Å²) in [5, 5.41) is 11.9. The molecule has 1 N–H and O–H groups in total. The van der Waals surface area contributed by atoms with Crippen LogP contribution in [0.4, 0.5) is 4.79 Å². The van der Waals surface area contributed by atoms with E-state index < -0.39 is 0 Å². The lowest BCUT2D eigenvalue weighted by molar-refractivity contribution is 0.206. The van der Waals surface area contributed by atoms with Gasteiger partial charge in [0, 0.05) is 43.2 Å². The first-order chi connectivity index (χ1) is 14.0. The fourth-order valence-electron chi connectivity index (χ4n) is 3.78. The molecule has 3 aromatic rings. The lowest BCUT2D eigenvalue weighted by Crippen LogP contribution is -2.38. The third kappa shape index (κ3) is 4.11. The van der Waals surface area contributed by atoms with Crippen LogP contribution in [-0.2, 0) is 6.54 Å². The molecule has 29 heavy (non-hydrogen) atoms. The number of aromatic nitrogens is 4. The monoisotopic (exact) mass is 394 g/mol. The Bertz CT molecular complexity index is 1010. The van der Waals surface area contributed by atoms with Gasteiger partial charge < -0.3 is 15.0 Å². The van der Waals surface area contributed by atoms with Gasteiger partial charge in [0.2, 0.25) is 0 Å². The van der Waals surface area contributed by atoms with Crippen molar-refractivity contribution in [1.29, 1.82) is 0 Å². The van der Waals surface area contributed by atoms with Crippen molar-refractivity contribution in [1.82, 2.24) is 29.8 Å². The third-order valence-electron chi connectivity index (χ3n) is 5.24. The summed E-state index contributed by atoms with van der Waals surface area (Å²) in [6.45, 7) is 5.90. The average Bonchev–Trinajstić information content (AvgIpc) is 3.46. The molecule has 152 valence electrons. The maximum Gasteiger partial charge on any atom is 0.317 e. The number of nitrogens with zero attached hydrogens (tertiary/aromatic N) is 5. The van der Waals surface area contributed by atoms with Crippen LogP contribution >= 0.6 is 0 Å². The highest BCUT2D eigenvalue weighted by Crippen LogP contribution is 2.23. The number of amides is 2. The van der Waals surface area contributed by atoms with Gasteiger partial charge in [0.05, 0.1) is 30.7 Å². The van der Waals surface area contributed by atoms with Crippen LogP contribution < -0.4 is 10.1 Å². The molecule has 8 heteroatoms. The number of carbonyl (C=O) groups is 1. The number of aryl methyl sites for hydroxylation is 2. The number of rotatable bonds is 5. The summed E-state index contributed by atoms with van der Waals surface area (Å²) in [4.78, 5) is 14.4. The smallest absolute Gasteiger partial charge is 0.317 e. The van der Waals surface area contributed by atoms with E-state index in [0.717, 1.165) is 41.4 Å². The number of urea groups is 1. The van der Waals surface area contributed by atoms with Gasteiger partial charge in [-0.25, -0.2) is 9.48 Å². The van der Waals surface area contributed by atoms with E-state index in [1.54, 1.807) is 18.0 Å². The first-order valence-corrected chi connectivity index (χ1v) is 9.77. The first kappa shape index (κ1) is 19.0. The van der Waals surface area contributed by atoms with Gasteiger partial charge in [-0.05, 0) is 38.5 Å². The highest BCUT2D eigenvalue weighted by atomic mass is 16.5. The number of hydrogen-bond donors (Lipinski definition) is 1. The van der Waals surface area contributed by atoms with Gasteiger partial charge in [-0.3, -0.25) is 4.68 Å². The SMILES string of the molecule is COc1cccc(-n2cc(CNC(=O)N3CC[C@@H](n4nc(C)cc4C)C3)cn2)c1. The Labute approximate surface area is 170 Å². The van der Waals surface area contributed by atoms with Gasteiger partial charge in [0.25, 0.3) is 0 Å². The summed E-state index contributed by atoms with van der Waals surface area (Å²) in [6, 6.07) is 9.95. The van der Waals surface area contributed by atoms with E-state index in [4.69, 9.17) is 4.74 Å². The number of benzene rings is 1. The van der Waals surface area contributed by atoms with Crippen molar-refractivity contribution >= 4 is 6.03 Å². The standard InChI is InChI=1S/C21H26N6O2/c1-15-9-16(2)27(24-15)19-7-8-25(14-19)21(28)22-11-17-12-23-26(13-17)18-5-4-6-20(10-18)29-3/h4-6,9-10,12-13,19H,7-8,11,14H2,1-3H3,(H,22,28)/t19-/m1/s1. The molecule has 0 unspecified atom stereocenters. The predicted octanol–water partition coefficient (Wildman–Crippen LogP) is 2.85.